The zero-order chi connectivity index (χ0) is 43.4. The minimum atomic E-state index is -0.0467. The molecule has 4 heteroatoms. The van der Waals surface area contributed by atoms with Gasteiger partial charge in [0, 0.05) is 33.2 Å². The highest BCUT2D eigenvalue weighted by Crippen LogP contribution is 2.40. The fourth-order valence-electron chi connectivity index (χ4n) is 8.30. The fraction of sp³-hybridized carbons (Fsp3) is 0.393. The molecule has 0 fully saturated rings. The number of unbranched alkanes of at least 4 members (excludes halogenated alkanes) is 3. The Bertz CT molecular complexity index is 2490. The van der Waals surface area contributed by atoms with Crippen LogP contribution in [0.5, 0.6) is 0 Å². The average Bonchev–Trinajstić information content (AvgIpc) is 4.00. The van der Waals surface area contributed by atoms with Gasteiger partial charge in [0.25, 0.3) is 0 Å². The molecule has 0 atom stereocenters. The Morgan fingerprint density at radius 3 is 1.20 bits per heavy atom. The number of aromatic nitrogens is 4. The molecule has 0 saturated carbocycles. The number of hydrogen-bond acceptors (Lipinski definition) is 2. The lowest BCUT2D eigenvalue weighted by atomic mass is 9.78. The summed E-state index contributed by atoms with van der Waals surface area (Å²) in [6.07, 6.45) is 20.4. The summed E-state index contributed by atoms with van der Waals surface area (Å²) in [5.41, 5.74) is 18.9. The molecule has 310 valence electrons. The number of fused-ring (bicyclic) bond motifs is 8. The molecule has 5 heterocycles. The maximum Gasteiger partial charge on any atom is 0.0816 e. The molecule has 0 aliphatic carbocycles. The first-order valence-electron chi connectivity index (χ1n) is 22.1. The molecule has 8 bridgehead atoms. The lowest BCUT2D eigenvalue weighted by Crippen LogP contribution is -2.16. The number of aromatic amines is 2. The van der Waals surface area contributed by atoms with Gasteiger partial charge in [0.2, 0.25) is 0 Å². The predicted octanol–water partition coefficient (Wildman–Crippen LogP) is 15.3. The Kier molecular flexibility index (Phi) is 11.3. The van der Waals surface area contributed by atoms with E-state index in [4.69, 9.17) is 16.4 Å². The molecule has 2 aliphatic rings. The van der Waals surface area contributed by atoms with Crippen molar-refractivity contribution in [2.45, 2.75) is 144 Å². The summed E-state index contributed by atoms with van der Waals surface area (Å²) in [7, 11) is 0. The quantitative estimate of drug-likeness (QED) is 0.125. The Morgan fingerprint density at radius 1 is 0.483 bits per heavy atom. The number of aryl methyl sites for hydroxylation is 1. The largest absolute Gasteiger partial charge is 0.355 e. The molecule has 0 saturated heterocycles. The van der Waals surface area contributed by atoms with Crippen molar-refractivity contribution < 1.29 is 0 Å². The lowest BCUT2D eigenvalue weighted by Gasteiger charge is -2.26. The highest BCUT2D eigenvalue weighted by Gasteiger charge is 2.25. The SMILES string of the molecule is C#Cc1c2nc(c(-c3cc(C(C)(C)C)cc(C(C)(C)C)c3)c3ccc([nH]3)c(CCCCCC)c3ccc([nH]3)c(-c3cc(C(C)(C)C)cc(C(C)(C)C)c3)c3nc1C=C3)C=C2. The number of nitrogens with one attached hydrogen (secondary N) is 2. The van der Waals surface area contributed by atoms with Crippen molar-refractivity contribution in [2.24, 2.45) is 0 Å². The van der Waals surface area contributed by atoms with Crippen LogP contribution in [-0.2, 0) is 28.1 Å². The Balaban J connectivity index is 1.64. The van der Waals surface area contributed by atoms with Gasteiger partial charge in [0.15, 0.2) is 0 Å². The highest BCUT2D eigenvalue weighted by molar-refractivity contribution is 5.95. The number of hydrogen-bond donors (Lipinski definition) is 2. The summed E-state index contributed by atoms with van der Waals surface area (Å²) in [4.78, 5) is 18.6. The Morgan fingerprint density at radius 2 is 0.850 bits per heavy atom. The molecule has 4 nitrogen and oxygen atoms in total. The molecule has 0 spiro atoms. The Hall–Kier alpha value is -5.40. The van der Waals surface area contributed by atoms with Crippen molar-refractivity contribution in [3.8, 4) is 34.6 Å². The van der Waals surface area contributed by atoms with Crippen molar-refractivity contribution in [3.63, 3.8) is 0 Å². The zero-order valence-corrected chi connectivity index (χ0v) is 38.6. The van der Waals surface area contributed by atoms with Gasteiger partial charge in [-0.1, -0.05) is 152 Å². The van der Waals surface area contributed by atoms with Gasteiger partial charge in [-0.3, -0.25) is 0 Å². The van der Waals surface area contributed by atoms with E-state index in [1.165, 1.54) is 47.1 Å². The van der Waals surface area contributed by atoms with Crippen LogP contribution in [0.2, 0.25) is 0 Å². The summed E-state index contributed by atoms with van der Waals surface area (Å²) in [6.45, 7) is 29.8. The molecule has 60 heavy (non-hydrogen) atoms. The first-order valence-corrected chi connectivity index (χ1v) is 22.1. The molecule has 0 unspecified atom stereocenters. The summed E-state index contributed by atoms with van der Waals surface area (Å²) < 4.78 is 0. The molecule has 2 aromatic carbocycles. The lowest BCUT2D eigenvalue weighted by molar-refractivity contribution is 0.568. The van der Waals surface area contributed by atoms with E-state index in [-0.39, 0.29) is 21.7 Å². The van der Waals surface area contributed by atoms with Crippen molar-refractivity contribution in [3.05, 3.63) is 117 Å². The van der Waals surface area contributed by atoms with Crippen LogP contribution in [0.15, 0.2) is 60.7 Å². The van der Waals surface area contributed by atoms with E-state index in [0.29, 0.717) is 5.56 Å². The summed E-state index contributed by atoms with van der Waals surface area (Å²) in [6, 6.07) is 23.2. The van der Waals surface area contributed by atoms with Crippen molar-refractivity contribution in [2.75, 3.05) is 0 Å². The molecule has 2 N–H and O–H groups in total. The Labute approximate surface area is 360 Å². The topological polar surface area (TPSA) is 57.4 Å². The van der Waals surface area contributed by atoms with Gasteiger partial charge in [-0.15, -0.1) is 6.42 Å². The maximum atomic E-state index is 6.40. The standard InChI is InChI=1S/C56H66N4/c1-15-17-18-19-20-42-45-23-27-49(59-45)51(35-29-37(53(3,4)5)33-38(30-35)54(6,7)8)47-25-21-43(57-47)41(16-2)44-22-26-48(58-44)52(50-28-24-46(42)60-50)36-31-39(55(9,10)11)34-40(32-36)56(12,13)14/h2,21-34,59-60H,15,17-20H2,1,3-14H3. The van der Waals surface area contributed by atoms with Gasteiger partial charge in [-0.25, -0.2) is 9.97 Å². The third kappa shape index (κ3) is 8.74. The summed E-state index contributed by atoms with van der Waals surface area (Å²) >= 11 is 0. The monoisotopic (exact) mass is 795 g/mol. The molecule has 5 aromatic rings. The normalized spacial score (nSPS) is 13.3. The van der Waals surface area contributed by atoms with Gasteiger partial charge < -0.3 is 9.97 Å². The molecular weight excluding hydrogens is 729 g/mol. The van der Waals surface area contributed by atoms with Crippen LogP contribution in [0.25, 0.3) is 68.6 Å². The van der Waals surface area contributed by atoms with Crippen LogP contribution in [0, 0.1) is 12.3 Å². The molecule has 2 aliphatic heterocycles. The van der Waals surface area contributed by atoms with Crippen LogP contribution in [-0.4, -0.2) is 19.9 Å². The smallest absolute Gasteiger partial charge is 0.0816 e. The van der Waals surface area contributed by atoms with E-state index in [0.717, 1.165) is 79.9 Å². The minimum Gasteiger partial charge on any atom is -0.355 e. The number of nitrogens with zero attached hydrogens (tertiary/aromatic N) is 2. The summed E-state index contributed by atoms with van der Waals surface area (Å²) in [5.74, 6) is 3.01. The number of rotatable bonds is 7. The second-order valence-electron chi connectivity index (χ2n) is 21.2. The van der Waals surface area contributed by atoms with E-state index < -0.39 is 0 Å². The van der Waals surface area contributed by atoms with Crippen LogP contribution >= 0.6 is 0 Å². The van der Waals surface area contributed by atoms with Gasteiger partial charge in [0.05, 0.1) is 28.3 Å². The molecule has 0 radical (unpaired) electrons. The average molecular weight is 795 g/mol. The molecule has 7 rings (SSSR count). The second kappa shape index (κ2) is 15.9. The van der Waals surface area contributed by atoms with Crippen molar-refractivity contribution >= 4 is 46.4 Å². The van der Waals surface area contributed by atoms with E-state index in [9.17, 15) is 0 Å². The van der Waals surface area contributed by atoms with E-state index >= 15 is 0 Å². The van der Waals surface area contributed by atoms with Crippen molar-refractivity contribution in [1.82, 2.24) is 19.9 Å². The molecular formula is C56H66N4. The van der Waals surface area contributed by atoms with Gasteiger partial charge in [-0.05, 0) is 122 Å². The number of benzene rings is 2. The first kappa shape index (κ1) is 42.7. The summed E-state index contributed by atoms with van der Waals surface area (Å²) in [5, 5.41) is 0. The molecule has 3 aromatic heterocycles. The number of H-pyrrole nitrogens is 2. The minimum absolute atomic E-state index is 0.0467. The van der Waals surface area contributed by atoms with E-state index in [1.807, 2.05) is 0 Å². The van der Waals surface area contributed by atoms with E-state index in [1.54, 1.807) is 0 Å². The maximum absolute atomic E-state index is 6.40. The fourth-order valence-corrected chi connectivity index (χ4v) is 8.30. The zero-order valence-electron chi connectivity index (χ0n) is 38.6. The van der Waals surface area contributed by atoms with Gasteiger partial charge >= 0.3 is 0 Å². The third-order valence-corrected chi connectivity index (χ3v) is 12.2. The van der Waals surface area contributed by atoms with Crippen LogP contribution in [0.1, 0.15) is 172 Å². The van der Waals surface area contributed by atoms with Crippen molar-refractivity contribution in [1.29, 1.82) is 0 Å². The highest BCUT2D eigenvalue weighted by atomic mass is 14.8. The van der Waals surface area contributed by atoms with E-state index in [2.05, 4.69) is 191 Å². The van der Waals surface area contributed by atoms with Crippen LogP contribution in [0.4, 0.5) is 0 Å². The van der Waals surface area contributed by atoms with Crippen LogP contribution in [0.3, 0.4) is 0 Å². The number of terminal acetylenes is 1. The first-order chi connectivity index (χ1) is 28.1. The third-order valence-electron chi connectivity index (χ3n) is 12.2. The predicted molar refractivity (Wildman–Crippen MR) is 260 cm³/mol. The molecule has 0 amide bonds. The van der Waals surface area contributed by atoms with Gasteiger partial charge in [-0.2, -0.15) is 0 Å². The van der Waals surface area contributed by atoms with Crippen LogP contribution < -0.4 is 0 Å². The second-order valence-corrected chi connectivity index (χ2v) is 21.2. The van der Waals surface area contributed by atoms with Gasteiger partial charge in [0.1, 0.15) is 0 Å².